The molecule has 27 heavy (non-hydrogen) atoms. The van der Waals surface area contributed by atoms with Crippen LogP contribution >= 0.6 is 11.9 Å². The summed E-state index contributed by atoms with van der Waals surface area (Å²) in [5.74, 6) is 0.508. The molecule has 0 aliphatic carbocycles. The Kier molecular flexibility index (Phi) is 5.04. The van der Waals surface area contributed by atoms with Gasteiger partial charge in [0.1, 0.15) is 5.75 Å². The molecule has 2 aromatic carbocycles. The average molecular weight is 408 g/mol. The van der Waals surface area contributed by atoms with Crippen LogP contribution in [-0.2, 0) is 10.0 Å². The van der Waals surface area contributed by atoms with Gasteiger partial charge >= 0.3 is 0 Å². The second-order valence-corrected chi connectivity index (χ2v) is 9.27. The van der Waals surface area contributed by atoms with Crippen LogP contribution in [0.25, 0.3) is 0 Å². The molecule has 0 amide bonds. The molecule has 2 aliphatic rings. The van der Waals surface area contributed by atoms with Crippen LogP contribution in [0.3, 0.4) is 0 Å². The van der Waals surface area contributed by atoms with E-state index in [2.05, 4.69) is 5.32 Å². The van der Waals surface area contributed by atoms with E-state index in [1.807, 2.05) is 24.3 Å². The second-order valence-electron chi connectivity index (χ2n) is 6.32. The third kappa shape index (κ3) is 3.30. The van der Waals surface area contributed by atoms with Crippen molar-refractivity contribution in [3.8, 4) is 5.75 Å². The molecular weight excluding hydrogens is 386 g/mol. The van der Waals surface area contributed by atoms with Gasteiger partial charge in [0.2, 0.25) is 10.0 Å². The number of sulfonamides is 1. The number of ether oxygens (including phenoxy) is 1. The highest BCUT2D eigenvalue weighted by Gasteiger charge is 2.33. The molecule has 1 unspecified atom stereocenters. The molecule has 4 rings (SSSR count). The van der Waals surface area contributed by atoms with Gasteiger partial charge in [0.25, 0.3) is 0 Å². The van der Waals surface area contributed by atoms with Gasteiger partial charge in [-0.1, -0.05) is 18.2 Å². The Morgan fingerprint density at radius 2 is 1.93 bits per heavy atom. The molecule has 2 aromatic rings. The van der Waals surface area contributed by atoms with Crippen LogP contribution in [-0.4, -0.2) is 51.1 Å². The minimum Gasteiger partial charge on any atom is -0.495 e. The first-order chi connectivity index (χ1) is 13.0. The van der Waals surface area contributed by atoms with Crippen molar-refractivity contribution in [1.82, 2.24) is 9.62 Å². The molecule has 1 fully saturated rings. The summed E-state index contributed by atoms with van der Waals surface area (Å²) < 4.78 is 34.6. The van der Waals surface area contributed by atoms with Crippen LogP contribution in [0, 0.1) is 0 Å². The number of anilines is 1. The van der Waals surface area contributed by atoms with Crippen molar-refractivity contribution in [1.29, 1.82) is 0 Å². The van der Waals surface area contributed by atoms with Crippen LogP contribution < -0.4 is 14.4 Å². The first kappa shape index (κ1) is 18.6. The van der Waals surface area contributed by atoms with Gasteiger partial charge in [-0.15, -0.1) is 0 Å². The van der Waals surface area contributed by atoms with Gasteiger partial charge in [0, 0.05) is 36.6 Å². The van der Waals surface area contributed by atoms with E-state index in [1.165, 1.54) is 23.4 Å². The number of hydrogen-bond donors (Lipinski definition) is 2. The van der Waals surface area contributed by atoms with Crippen LogP contribution in [0.4, 0.5) is 5.69 Å². The van der Waals surface area contributed by atoms with Crippen molar-refractivity contribution in [3.05, 3.63) is 48.0 Å². The minimum atomic E-state index is -3.60. The monoisotopic (exact) mass is 407 g/mol. The number of nitrogens with zero attached hydrogens (tertiary/aromatic N) is 2. The Balaban J connectivity index is 1.72. The lowest BCUT2D eigenvalue weighted by atomic mass is 10.2. The van der Waals surface area contributed by atoms with Crippen molar-refractivity contribution in [2.24, 2.45) is 0 Å². The van der Waals surface area contributed by atoms with Crippen molar-refractivity contribution in [2.45, 2.75) is 16.0 Å². The summed E-state index contributed by atoms with van der Waals surface area (Å²) in [6.45, 7) is 2.16. The summed E-state index contributed by atoms with van der Waals surface area (Å²) in [4.78, 5) is 1.13. The van der Waals surface area contributed by atoms with Crippen molar-refractivity contribution < 1.29 is 18.3 Å². The molecule has 2 N–H and O–H groups in total. The number of benzene rings is 2. The van der Waals surface area contributed by atoms with E-state index in [-0.39, 0.29) is 4.90 Å². The van der Waals surface area contributed by atoms with E-state index >= 15 is 0 Å². The number of aliphatic hydroxyl groups excluding tert-OH is 1. The summed E-state index contributed by atoms with van der Waals surface area (Å²) in [5.41, 5.74) is 1.32. The molecule has 1 atom stereocenters. The van der Waals surface area contributed by atoms with Gasteiger partial charge in [-0.3, -0.25) is 4.31 Å². The fraction of sp³-hybridized carbons (Fsp3) is 0.333. The van der Waals surface area contributed by atoms with Crippen molar-refractivity contribution in [2.75, 3.05) is 37.6 Å². The largest absolute Gasteiger partial charge is 0.495 e. The van der Waals surface area contributed by atoms with E-state index in [9.17, 15) is 13.5 Å². The van der Waals surface area contributed by atoms with Crippen LogP contribution in [0.5, 0.6) is 5.75 Å². The summed E-state index contributed by atoms with van der Waals surface area (Å²) >= 11 is 1.37. The molecule has 2 heterocycles. The smallest absolute Gasteiger partial charge is 0.243 e. The molecule has 0 saturated carbocycles. The molecule has 144 valence electrons. The third-order valence-corrected chi connectivity index (χ3v) is 7.77. The molecule has 9 heteroatoms. The van der Waals surface area contributed by atoms with Crippen LogP contribution in [0.2, 0.25) is 0 Å². The van der Waals surface area contributed by atoms with E-state index in [1.54, 1.807) is 22.5 Å². The van der Waals surface area contributed by atoms with E-state index in [0.717, 1.165) is 10.5 Å². The number of nitrogens with one attached hydrogen (secondary N) is 1. The van der Waals surface area contributed by atoms with Crippen LogP contribution in [0.15, 0.2) is 52.3 Å². The molecule has 1 saturated heterocycles. The zero-order valence-corrected chi connectivity index (χ0v) is 16.5. The lowest BCUT2D eigenvalue weighted by Gasteiger charge is -2.28. The average Bonchev–Trinajstić information content (AvgIpc) is 3.05. The van der Waals surface area contributed by atoms with Gasteiger partial charge in [-0.05, 0) is 36.2 Å². The molecule has 0 radical (unpaired) electrons. The number of piperazine rings is 1. The predicted molar refractivity (Wildman–Crippen MR) is 104 cm³/mol. The van der Waals surface area contributed by atoms with Crippen molar-refractivity contribution in [3.63, 3.8) is 0 Å². The van der Waals surface area contributed by atoms with Gasteiger partial charge in [-0.2, -0.15) is 4.31 Å². The number of aliphatic hydroxyl groups is 1. The Hall–Kier alpha value is -1.78. The lowest BCUT2D eigenvalue weighted by Crippen LogP contribution is -2.46. The normalized spacial score (nSPS) is 20.5. The zero-order valence-electron chi connectivity index (χ0n) is 14.8. The first-order valence-electron chi connectivity index (χ1n) is 8.65. The highest BCUT2D eigenvalue weighted by atomic mass is 32.2. The third-order valence-electron chi connectivity index (χ3n) is 4.72. The number of hydrogen-bond acceptors (Lipinski definition) is 7. The maximum absolute atomic E-state index is 13.0. The second kappa shape index (κ2) is 7.33. The molecular formula is C18H21N3O4S2. The number of fused-ring (bicyclic) bond motifs is 1. The van der Waals surface area contributed by atoms with Gasteiger partial charge in [0.15, 0.2) is 6.23 Å². The summed E-state index contributed by atoms with van der Waals surface area (Å²) in [6.07, 6.45) is -0.878. The standard InChI is InChI=1S/C18H21N3O4S2/c1-25-16-7-6-13(27(23,24)20-10-8-19-9-11-20)12-15(16)21-18(22)14-4-2-3-5-17(14)26-21/h2-7,12,18-19,22H,8-11H2,1H3. The molecule has 0 aromatic heterocycles. The highest BCUT2D eigenvalue weighted by Crippen LogP contribution is 2.48. The topological polar surface area (TPSA) is 82.1 Å². The summed E-state index contributed by atoms with van der Waals surface area (Å²) in [5, 5.41) is 13.9. The molecule has 0 bridgehead atoms. The summed E-state index contributed by atoms with van der Waals surface area (Å²) in [6, 6.07) is 12.3. The number of rotatable bonds is 4. The maximum Gasteiger partial charge on any atom is 0.243 e. The lowest BCUT2D eigenvalue weighted by molar-refractivity contribution is 0.194. The summed E-state index contributed by atoms with van der Waals surface area (Å²) in [7, 11) is -2.07. The van der Waals surface area contributed by atoms with E-state index in [0.29, 0.717) is 37.6 Å². The van der Waals surface area contributed by atoms with Crippen molar-refractivity contribution >= 4 is 27.7 Å². The Labute approximate surface area is 163 Å². The first-order valence-corrected chi connectivity index (χ1v) is 10.9. The van der Waals surface area contributed by atoms with Gasteiger partial charge in [-0.25, -0.2) is 8.42 Å². The fourth-order valence-electron chi connectivity index (χ4n) is 3.28. The Morgan fingerprint density at radius 3 is 2.63 bits per heavy atom. The quantitative estimate of drug-likeness (QED) is 0.748. The Bertz CT molecular complexity index is 945. The Morgan fingerprint density at radius 1 is 1.19 bits per heavy atom. The van der Waals surface area contributed by atoms with Gasteiger partial charge in [0.05, 0.1) is 17.7 Å². The predicted octanol–water partition coefficient (Wildman–Crippen LogP) is 1.81. The van der Waals surface area contributed by atoms with E-state index < -0.39 is 16.3 Å². The van der Waals surface area contributed by atoms with E-state index in [4.69, 9.17) is 4.74 Å². The zero-order chi connectivity index (χ0) is 19.0. The van der Waals surface area contributed by atoms with Crippen LogP contribution in [0.1, 0.15) is 11.8 Å². The fourth-order valence-corrected chi connectivity index (χ4v) is 5.82. The molecule has 0 spiro atoms. The van der Waals surface area contributed by atoms with Gasteiger partial charge < -0.3 is 15.2 Å². The highest BCUT2D eigenvalue weighted by molar-refractivity contribution is 8.01. The molecule has 7 nitrogen and oxygen atoms in total. The SMILES string of the molecule is COc1ccc(S(=O)(=O)N2CCNCC2)cc1N1Sc2ccccc2C1O. The number of methoxy groups -OCH3 is 1. The minimum absolute atomic E-state index is 0.198. The maximum atomic E-state index is 13.0. The molecule has 2 aliphatic heterocycles.